The Balaban J connectivity index is 2.07. The van der Waals surface area contributed by atoms with Gasteiger partial charge in [0.2, 0.25) is 0 Å². The summed E-state index contributed by atoms with van der Waals surface area (Å²) in [4.78, 5) is 4.34. The van der Waals surface area contributed by atoms with Crippen molar-refractivity contribution in [2.24, 2.45) is 0 Å². The Bertz CT molecular complexity index is 291. The van der Waals surface area contributed by atoms with Gasteiger partial charge in [-0.15, -0.1) is 0 Å². The van der Waals surface area contributed by atoms with Gasteiger partial charge in [-0.2, -0.15) is 11.8 Å². The Kier molecular flexibility index (Phi) is 8.13. The molecule has 0 aliphatic heterocycles. The highest BCUT2D eigenvalue weighted by Gasteiger charge is 2.00. The van der Waals surface area contributed by atoms with Gasteiger partial charge in [-0.05, 0) is 18.6 Å². The first-order valence-corrected chi connectivity index (χ1v) is 7.43. The highest BCUT2D eigenvalue weighted by atomic mass is 32.2. The Morgan fingerprint density at radius 2 is 2.35 bits per heavy atom. The smallest absolute Gasteiger partial charge is 0.122 e. The minimum Gasteiger partial charge on any atom is -0.396 e. The number of imidazole rings is 1. The van der Waals surface area contributed by atoms with Crippen molar-refractivity contribution in [2.45, 2.75) is 32.9 Å². The second kappa shape index (κ2) is 9.50. The number of nitrogens with one attached hydrogen (secondary N) is 1. The summed E-state index contributed by atoms with van der Waals surface area (Å²) in [5.74, 6) is 3.25. The monoisotopic (exact) mass is 257 g/mol. The predicted octanol–water partition coefficient (Wildman–Crippen LogP) is 1.50. The minimum atomic E-state index is 0.300. The third-order valence-corrected chi connectivity index (χ3v) is 3.49. The summed E-state index contributed by atoms with van der Waals surface area (Å²) in [5.41, 5.74) is 0. The van der Waals surface area contributed by atoms with Gasteiger partial charge in [-0.25, -0.2) is 4.98 Å². The summed E-state index contributed by atoms with van der Waals surface area (Å²) >= 11 is 1.88. The number of aliphatic hydroxyl groups excluding tert-OH is 1. The summed E-state index contributed by atoms with van der Waals surface area (Å²) in [6.07, 6.45) is 5.94. The molecule has 1 rings (SSSR count). The van der Waals surface area contributed by atoms with Crippen LogP contribution < -0.4 is 5.32 Å². The van der Waals surface area contributed by atoms with Crippen molar-refractivity contribution in [2.75, 3.05) is 24.7 Å². The van der Waals surface area contributed by atoms with E-state index in [1.165, 1.54) is 0 Å². The van der Waals surface area contributed by atoms with Crippen molar-refractivity contribution in [3.05, 3.63) is 18.2 Å². The molecule has 0 fully saturated rings. The molecule has 1 heterocycles. The van der Waals surface area contributed by atoms with Crippen LogP contribution in [0.25, 0.3) is 0 Å². The molecule has 0 spiro atoms. The maximum Gasteiger partial charge on any atom is 0.122 e. The average Bonchev–Trinajstić information content (AvgIpc) is 2.76. The van der Waals surface area contributed by atoms with E-state index in [2.05, 4.69) is 21.8 Å². The SMILES string of the molecule is CCCn1ccnc1CNCCSCCCO. The van der Waals surface area contributed by atoms with E-state index in [4.69, 9.17) is 5.11 Å². The molecule has 0 radical (unpaired) electrons. The quantitative estimate of drug-likeness (QED) is 0.624. The molecule has 1 aromatic rings. The first kappa shape index (κ1) is 14.5. The van der Waals surface area contributed by atoms with Gasteiger partial charge >= 0.3 is 0 Å². The lowest BCUT2D eigenvalue weighted by molar-refractivity contribution is 0.296. The molecule has 0 saturated heterocycles. The Morgan fingerprint density at radius 1 is 1.47 bits per heavy atom. The van der Waals surface area contributed by atoms with Gasteiger partial charge in [0.25, 0.3) is 0 Å². The summed E-state index contributed by atoms with van der Waals surface area (Å²) in [7, 11) is 0. The summed E-state index contributed by atoms with van der Waals surface area (Å²) in [6.45, 7) is 5.36. The number of aryl methyl sites for hydroxylation is 1. The second-order valence-electron chi connectivity index (χ2n) is 3.90. The van der Waals surface area contributed by atoms with E-state index in [0.717, 1.165) is 49.8 Å². The van der Waals surface area contributed by atoms with E-state index in [0.29, 0.717) is 6.61 Å². The van der Waals surface area contributed by atoms with Gasteiger partial charge in [0.05, 0.1) is 6.54 Å². The summed E-state index contributed by atoms with van der Waals surface area (Å²) in [5, 5.41) is 12.0. The highest BCUT2D eigenvalue weighted by Crippen LogP contribution is 2.01. The molecule has 0 aliphatic rings. The van der Waals surface area contributed by atoms with Crippen LogP contribution in [0.15, 0.2) is 12.4 Å². The number of hydrogen-bond acceptors (Lipinski definition) is 4. The van der Waals surface area contributed by atoms with Crippen LogP contribution in [0.4, 0.5) is 0 Å². The molecule has 5 heteroatoms. The van der Waals surface area contributed by atoms with Gasteiger partial charge in [-0.3, -0.25) is 0 Å². The standard InChI is InChI=1S/C12H23N3OS/c1-2-6-15-7-4-14-12(15)11-13-5-10-17-9-3-8-16/h4,7,13,16H,2-3,5-6,8-11H2,1H3. The first-order chi connectivity index (χ1) is 8.38. The number of hydrogen-bond donors (Lipinski definition) is 2. The molecule has 1 aromatic heterocycles. The zero-order valence-corrected chi connectivity index (χ0v) is 11.4. The van der Waals surface area contributed by atoms with E-state index in [9.17, 15) is 0 Å². The first-order valence-electron chi connectivity index (χ1n) is 6.27. The number of aromatic nitrogens is 2. The van der Waals surface area contributed by atoms with Crippen molar-refractivity contribution in [3.8, 4) is 0 Å². The van der Waals surface area contributed by atoms with Crippen LogP contribution in [-0.4, -0.2) is 39.3 Å². The average molecular weight is 257 g/mol. The third kappa shape index (κ3) is 6.10. The van der Waals surface area contributed by atoms with Crippen molar-refractivity contribution in [1.29, 1.82) is 0 Å². The molecule has 0 atom stereocenters. The second-order valence-corrected chi connectivity index (χ2v) is 5.13. The molecule has 0 aliphatic carbocycles. The zero-order valence-electron chi connectivity index (χ0n) is 10.6. The van der Waals surface area contributed by atoms with Gasteiger partial charge in [0.1, 0.15) is 5.82 Å². The maximum absolute atomic E-state index is 8.64. The predicted molar refractivity (Wildman–Crippen MR) is 73.3 cm³/mol. The van der Waals surface area contributed by atoms with E-state index >= 15 is 0 Å². The molecule has 0 bridgehead atoms. The van der Waals surface area contributed by atoms with Gasteiger partial charge in [0, 0.05) is 37.8 Å². The fourth-order valence-corrected chi connectivity index (χ4v) is 2.39. The fourth-order valence-electron chi connectivity index (χ4n) is 1.56. The van der Waals surface area contributed by atoms with Crippen LogP contribution in [0.2, 0.25) is 0 Å². The molecule has 0 unspecified atom stereocenters. The molecule has 2 N–H and O–H groups in total. The Morgan fingerprint density at radius 3 is 3.12 bits per heavy atom. The largest absolute Gasteiger partial charge is 0.396 e. The third-order valence-electron chi connectivity index (χ3n) is 2.42. The van der Waals surface area contributed by atoms with Gasteiger partial charge in [0.15, 0.2) is 0 Å². The molecule has 4 nitrogen and oxygen atoms in total. The Labute approximate surface area is 108 Å². The number of thioether (sulfide) groups is 1. The zero-order chi connectivity index (χ0) is 12.3. The van der Waals surface area contributed by atoms with Crippen molar-refractivity contribution >= 4 is 11.8 Å². The van der Waals surface area contributed by atoms with E-state index in [1.54, 1.807) is 0 Å². The van der Waals surface area contributed by atoms with E-state index < -0.39 is 0 Å². The van der Waals surface area contributed by atoms with Crippen molar-refractivity contribution < 1.29 is 5.11 Å². The van der Waals surface area contributed by atoms with Crippen LogP contribution in [0.1, 0.15) is 25.6 Å². The normalized spacial score (nSPS) is 10.9. The lowest BCUT2D eigenvalue weighted by Crippen LogP contribution is -2.19. The van der Waals surface area contributed by atoms with Gasteiger partial charge in [-0.1, -0.05) is 6.92 Å². The van der Waals surface area contributed by atoms with Crippen molar-refractivity contribution in [3.63, 3.8) is 0 Å². The topological polar surface area (TPSA) is 50.1 Å². The van der Waals surface area contributed by atoms with Crippen molar-refractivity contribution in [1.82, 2.24) is 14.9 Å². The number of rotatable bonds is 10. The molecular formula is C12H23N3OS. The van der Waals surface area contributed by atoms with Crippen LogP contribution in [-0.2, 0) is 13.1 Å². The van der Waals surface area contributed by atoms with Crippen LogP contribution in [0, 0.1) is 0 Å². The molecule has 0 aromatic carbocycles. The lowest BCUT2D eigenvalue weighted by Gasteiger charge is -2.07. The fraction of sp³-hybridized carbons (Fsp3) is 0.750. The van der Waals surface area contributed by atoms with Crippen LogP contribution in [0.3, 0.4) is 0 Å². The maximum atomic E-state index is 8.64. The van der Waals surface area contributed by atoms with E-state index in [-0.39, 0.29) is 0 Å². The van der Waals surface area contributed by atoms with E-state index in [1.807, 2.05) is 24.2 Å². The van der Waals surface area contributed by atoms with Crippen LogP contribution >= 0.6 is 11.8 Å². The van der Waals surface area contributed by atoms with Gasteiger partial charge < -0.3 is 15.0 Å². The number of nitrogens with zero attached hydrogens (tertiary/aromatic N) is 2. The molecular weight excluding hydrogens is 234 g/mol. The molecule has 17 heavy (non-hydrogen) atoms. The number of aliphatic hydroxyl groups is 1. The minimum absolute atomic E-state index is 0.300. The molecule has 0 amide bonds. The molecule has 0 saturated carbocycles. The Hall–Kier alpha value is -0.520. The lowest BCUT2D eigenvalue weighted by atomic mass is 10.4. The summed E-state index contributed by atoms with van der Waals surface area (Å²) < 4.78 is 2.20. The van der Waals surface area contributed by atoms with Crippen LogP contribution in [0.5, 0.6) is 0 Å². The highest BCUT2D eigenvalue weighted by molar-refractivity contribution is 7.99. The summed E-state index contributed by atoms with van der Waals surface area (Å²) in [6, 6.07) is 0. The molecule has 98 valence electrons.